The minimum Gasteiger partial charge on any atom is -0.497 e. The molecule has 3 atom stereocenters. The Hall–Kier alpha value is -3.35. The van der Waals surface area contributed by atoms with Gasteiger partial charge in [0, 0.05) is 12.6 Å². The summed E-state index contributed by atoms with van der Waals surface area (Å²) in [6.07, 6.45) is 4.42. The SMILES string of the molecule is COc1cccc(CN2C(=O)c3nc4ccccc4n3C[C@]2(C)C(=O)N[C@@H]2CCCC[C@H]2C)c1. The fourth-order valence-electron chi connectivity index (χ4n) is 5.39. The van der Waals surface area contributed by atoms with E-state index in [-0.39, 0.29) is 17.9 Å². The van der Waals surface area contributed by atoms with Crippen molar-refractivity contribution < 1.29 is 14.3 Å². The van der Waals surface area contributed by atoms with Gasteiger partial charge < -0.3 is 19.5 Å². The zero-order chi connectivity index (χ0) is 23.9. The summed E-state index contributed by atoms with van der Waals surface area (Å²) in [6.45, 7) is 4.73. The van der Waals surface area contributed by atoms with Crippen LogP contribution in [0.5, 0.6) is 5.75 Å². The van der Waals surface area contributed by atoms with E-state index in [1.165, 1.54) is 6.42 Å². The van der Waals surface area contributed by atoms with Gasteiger partial charge in [0.15, 0.2) is 5.82 Å². The van der Waals surface area contributed by atoms with E-state index in [0.29, 0.717) is 24.8 Å². The number of rotatable bonds is 5. The molecule has 7 heteroatoms. The van der Waals surface area contributed by atoms with Crippen LogP contribution in [0.25, 0.3) is 11.0 Å². The predicted molar refractivity (Wildman–Crippen MR) is 131 cm³/mol. The summed E-state index contributed by atoms with van der Waals surface area (Å²) < 4.78 is 7.29. The van der Waals surface area contributed by atoms with Crippen molar-refractivity contribution in [1.29, 1.82) is 0 Å². The van der Waals surface area contributed by atoms with Gasteiger partial charge in [-0.3, -0.25) is 9.59 Å². The molecule has 1 fully saturated rings. The van der Waals surface area contributed by atoms with Crippen LogP contribution in [0.4, 0.5) is 0 Å². The lowest BCUT2D eigenvalue weighted by atomic mass is 9.85. The van der Waals surface area contributed by atoms with Crippen LogP contribution in [0.3, 0.4) is 0 Å². The van der Waals surface area contributed by atoms with E-state index < -0.39 is 5.54 Å². The maximum atomic E-state index is 13.9. The first-order valence-corrected chi connectivity index (χ1v) is 12.1. The molecule has 0 bridgehead atoms. The number of imidazole rings is 1. The second-order valence-electron chi connectivity index (χ2n) is 9.87. The van der Waals surface area contributed by atoms with E-state index in [1.54, 1.807) is 12.0 Å². The van der Waals surface area contributed by atoms with Crippen molar-refractivity contribution in [3.05, 3.63) is 59.9 Å². The molecule has 0 spiro atoms. The minimum absolute atomic E-state index is 0.106. The van der Waals surface area contributed by atoms with Crippen molar-refractivity contribution in [3.8, 4) is 5.75 Å². The molecule has 1 aliphatic heterocycles. The van der Waals surface area contributed by atoms with Crippen molar-refractivity contribution in [1.82, 2.24) is 19.8 Å². The van der Waals surface area contributed by atoms with Gasteiger partial charge in [-0.05, 0) is 55.5 Å². The topological polar surface area (TPSA) is 76.5 Å². The Labute approximate surface area is 200 Å². The molecule has 5 rings (SSSR count). The van der Waals surface area contributed by atoms with Gasteiger partial charge in [-0.1, -0.05) is 44.0 Å². The molecule has 7 nitrogen and oxygen atoms in total. The van der Waals surface area contributed by atoms with Gasteiger partial charge in [0.05, 0.1) is 24.7 Å². The van der Waals surface area contributed by atoms with E-state index in [4.69, 9.17) is 4.74 Å². The number of amides is 2. The number of ether oxygens (including phenoxy) is 1. The van der Waals surface area contributed by atoms with Crippen LogP contribution < -0.4 is 10.1 Å². The third kappa shape index (κ3) is 3.83. The highest BCUT2D eigenvalue weighted by molar-refractivity contribution is 6.01. The Morgan fingerprint density at radius 3 is 2.76 bits per heavy atom. The van der Waals surface area contributed by atoms with Gasteiger partial charge in [-0.25, -0.2) is 4.98 Å². The molecule has 0 unspecified atom stereocenters. The van der Waals surface area contributed by atoms with E-state index in [1.807, 2.05) is 60.0 Å². The third-order valence-corrected chi connectivity index (χ3v) is 7.54. The number of methoxy groups -OCH3 is 1. The van der Waals surface area contributed by atoms with Gasteiger partial charge in [0.1, 0.15) is 11.3 Å². The van der Waals surface area contributed by atoms with Gasteiger partial charge in [-0.15, -0.1) is 0 Å². The summed E-state index contributed by atoms with van der Waals surface area (Å²) in [6, 6.07) is 15.5. The van der Waals surface area contributed by atoms with Crippen LogP contribution in [-0.2, 0) is 17.9 Å². The largest absolute Gasteiger partial charge is 0.497 e. The number of nitrogens with zero attached hydrogens (tertiary/aromatic N) is 3. The van der Waals surface area contributed by atoms with Crippen LogP contribution in [0.1, 0.15) is 55.7 Å². The summed E-state index contributed by atoms with van der Waals surface area (Å²) in [5.41, 5.74) is 1.48. The molecular formula is C27H32N4O3. The summed E-state index contributed by atoms with van der Waals surface area (Å²) in [7, 11) is 1.62. The average Bonchev–Trinajstić information content (AvgIpc) is 3.22. The lowest BCUT2D eigenvalue weighted by Gasteiger charge is -2.44. The molecule has 1 saturated carbocycles. The molecule has 2 aromatic carbocycles. The Morgan fingerprint density at radius 2 is 1.97 bits per heavy atom. The second-order valence-corrected chi connectivity index (χ2v) is 9.87. The first-order chi connectivity index (χ1) is 16.4. The normalized spacial score (nSPS) is 24.7. The van der Waals surface area contributed by atoms with Gasteiger partial charge >= 0.3 is 0 Å². The quantitative estimate of drug-likeness (QED) is 0.621. The fourth-order valence-corrected chi connectivity index (χ4v) is 5.39. The Morgan fingerprint density at radius 1 is 1.18 bits per heavy atom. The minimum atomic E-state index is -1.06. The molecule has 34 heavy (non-hydrogen) atoms. The Bertz CT molecular complexity index is 1240. The molecular weight excluding hydrogens is 428 g/mol. The Kier molecular flexibility index (Phi) is 5.80. The lowest BCUT2D eigenvalue weighted by molar-refractivity contribution is -0.134. The predicted octanol–water partition coefficient (Wildman–Crippen LogP) is 4.15. The third-order valence-electron chi connectivity index (χ3n) is 7.54. The van der Waals surface area contributed by atoms with E-state index >= 15 is 0 Å². The van der Waals surface area contributed by atoms with E-state index in [9.17, 15) is 9.59 Å². The van der Waals surface area contributed by atoms with Crippen LogP contribution in [0, 0.1) is 5.92 Å². The number of carbonyl (C=O) groups is 2. The molecule has 2 aliphatic rings. The molecule has 3 aromatic rings. The first kappa shape index (κ1) is 22.4. The molecule has 2 amide bonds. The number of benzene rings is 2. The van der Waals surface area contributed by atoms with E-state index in [2.05, 4.69) is 17.2 Å². The van der Waals surface area contributed by atoms with Crippen molar-refractivity contribution in [2.45, 2.75) is 64.2 Å². The van der Waals surface area contributed by atoms with Crippen molar-refractivity contribution >= 4 is 22.8 Å². The number of nitrogens with one attached hydrogen (secondary N) is 1. The monoisotopic (exact) mass is 460 g/mol. The molecule has 178 valence electrons. The number of fused-ring (bicyclic) bond motifs is 3. The van der Waals surface area contributed by atoms with E-state index in [0.717, 1.165) is 41.6 Å². The summed E-state index contributed by atoms with van der Waals surface area (Å²) >= 11 is 0. The molecule has 1 aliphatic carbocycles. The zero-order valence-corrected chi connectivity index (χ0v) is 20.1. The molecule has 1 aromatic heterocycles. The van der Waals surface area contributed by atoms with Crippen LogP contribution in [0.2, 0.25) is 0 Å². The Balaban J connectivity index is 1.55. The number of para-hydroxylation sites is 2. The lowest BCUT2D eigenvalue weighted by Crippen LogP contribution is -2.65. The molecule has 2 heterocycles. The number of hydrogen-bond acceptors (Lipinski definition) is 4. The highest BCUT2D eigenvalue weighted by Crippen LogP contribution is 2.33. The maximum Gasteiger partial charge on any atom is 0.291 e. The highest BCUT2D eigenvalue weighted by Gasteiger charge is 2.49. The zero-order valence-electron chi connectivity index (χ0n) is 20.1. The molecule has 0 radical (unpaired) electrons. The highest BCUT2D eigenvalue weighted by atomic mass is 16.5. The summed E-state index contributed by atoms with van der Waals surface area (Å²) in [4.78, 5) is 34.1. The first-order valence-electron chi connectivity index (χ1n) is 12.1. The number of carbonyl (C=O) groups excluding carboxylic acids is 2. The maximum absolute atomic E-state index is 13.9. The average molecular weight is 461 g/mol. The standard InChI is InChI=1S/C27H32N4O3/c1-18-9-4-5-12-21(18)29-26(33)27(2)17-30-23-14-7-6-13-22(23)28-24(30)25(32)31(27)16-19-10-8-11-20(15-19)34-3/h6-8,10-11,13-15,18,21H,4-5,9,12,16-17H2,1-3H3,(H,29,33)/t18-,21-,27-/m1/s1. The van der Waals surface area contributed by atoms with Crippen molar-refractivity contribution in [3.63, 3.8) is 0 Å². The van der Waals surface area contributed by atoms with Gasteiger partial charge in [-0.2, -0.15) is 0 Å². The fraction of sp³-hybridized carbons (Fsp3) is 0.444. The number of aromatic nitrogens is 2. The van der Waals surface area contributed by atoms with Crippen LogP contribution in [0.15, 0.2) is 48.5 Å². The van der Waals surface area contributed by atoms with Gasteiger partial charge in [0.25, 0.3) is 5.91 Å². The van der Waals surface area contributed by atoms with Crippen molar-refractivity contribution in [2.75, 3.05) is 7.11 Å². The van der Waals surface area contributed by atoms with Gasteiger partial charge in [0.2, 0.25) is 5.91 Å². The summed E-state index contributed by atoms with van der Waals surface area (Å²) in [5, 5.41) is 3.32. The van der Waals surface area contributed by atoms with Crippen LogP contribution in [-0.4, -0.2) is 45.0 Å². The smallest absolute Gasteiger partial charge is 0.291 e. The molecule has 0 saturated heterocycles. The summed E-state index contributed by atoms with van der Waals surface area (Å²) in [5.74, 6) is 1.18. The van der Waals surface area contributed by atoms with Crippen molar-refractivity contribution in [2.24, 2.45) is 5.92 Å². The second kappa shape index (κ2) is 8.78. The number of hydrogen-bond donors (Lipinski definition) is 1. The molecule has 1 N–H and O–H groups in total. The van der Waals surface area contributed by atoms with Crippen LogP contribution >= 0.6 is 0 Å².